The van der Waals surface area contributed by atoms with Crippen molar-refractivity contribution in [2.24, 2.45) is 5.41 Å². The Hall–Kier alpha value is -0.450. The third-order valence-electron chi connectivity index (χ3n) is 4.19. The zero-order valence-corrected chi connectivity index (χ0v) is 15.2. The highest BCUT2D eigenvalue weighted by Gasteiger charge is 2.38. The van der Waals surface area contributed by atoms with Crippen LogP contribution in [0.15, 0.2) is 22.7 Å². The average molecular weight is 357 g/mol. The molecule has 118 valence electrons. The van der Waals surface area contributed by atoms with Crippen molar-refractivity contribution < 1.29 is 4.39 Å². The van der Waals surface area contributed by atoms with Crippen LogP contribution in [0.4, 0.5) is 4.39 Å². The average Bonchev–Trinajstić information content (AvgIpc) is 2.31. The van der Waals surface area contributed by atoms with E-state index in [9.17, 15) is 4.39 Å². The van der Waals surface area contributed by atoms with Gasteiger partial charge in [-0.05, 0) is 37.5 Å². The van der Waals surface area contributed by atoms with Crippen LogP contribution in [0.1, 0.15) is 40.2 Å². The molecule has 21 heavy (non-hydrogen) atoms. The first kappa shape index (κ1) is 16.9. The molecule has 1 fully saturated rings. The lowest BCUT2D eigenvalue weighted by molar-refractivity contribution is 0.0264. The second-order valence-electron chi connectivity index (χ2n) is 7.79. The standard InChI is InChI=1S/C17H26BrFN2/c1-16(2,3)15-9-20-17(4,5)11-21(15)10-12-8-13(18)6-7-14(12)19/h6-8,15,20H,9-11H2,1-5H3. The third-order valence-corrected chi connectivity index (χ3v) is 4.69. The molecule has 2 rings (SSSR count). The van der Waals surface area contributed by atoms with Gasteiger partial charge in [-0.1, -0.05) is 36.7 Å². The van der Waals surface area contributed by atoms with Crippen molar-refractivity contribution in [1.82, 2.24) is 10.2 Å². The van der Waals surface area contributed by atoms with Crippen LogP contribution in [0.2, 0.25) is 0 Å². The van der Waals surface area contributed by atoms with Crippen molar-refractivity contribution in [3.05, 3.63) is 34.1 Å². The fraction of sp³-hybridized carbons (Fsp3) is 0.647. The molecule has 0 saturated carbocycles. The zero-order chi connectivity index (χ0) is 15.8. The highest BCUT2D eigenvalue weighted by Crippen LogP contribution is 2.30. The quantitative estimate of drug-likeness (QED) is 0.854. The maximum Gasteiger partial charge on any atom is 0.127 e. The van der Waals surface area contributed by atoms with Gasteiger partial charge in [0.15, 0.2) is 0 Å². The van der Waals surface area contributed by atoms with Gasteiger partial charge in [0, 0.05) is 41.3 Å². The van der Waals surface area contributed by atoms with Crippen LogP contribution in [0.5, 0.6) is 0 Å². The van der Waals surface area contributed by atoms with Crippen molar-refractivity contribution in [3.8, 4) is 0 Å². The molecule has 0 spiro atoms. The predicted octanol–water partition coefficient (Wildman–Crippen LogP) is 4.19. The van der Waals surface area contributed by atoms with Crippen molar-refractivity contribution >= 4 is 15.9 Å². The summed E-state index contributed by atoms with van der Waals surface area (Å²) in [5.74, 6) is -0.123. The molecule has 1 heterocycles. The highest BCUT2D eigenvalue weighted by molar-refractivity contribution is 9.10. The minimum atomic E-state index is -0.123. The summed E-state index contributed by atoms with van der Waals surface area (Å²) in [5, 5.41) is 3.61. The summed E-state index contributed by atoms with van der Waals surface area (Å²) in [6.45, 7) is 13.7. The van der Waals surface area contributed by atoms with E-state index in [-0.39, 0.29) is 16.8 Å². The lowest BCUT2D eigenvalue weighted by Crippen LogP contribution is -2.64. The first-order chi connectivity index (χ1) is 9.58. The number of nitrogens with one attached hydrogen (secondary N) is 1. The Morgan fingerprint density at radius 3 is 2.67 bits per heavy atom. The van der Waals surface area contributed by atoms with Gasteiger partial charge < -0.3 is 5.32 Å². The van der Waals surface area contributed by atoms with E-state index in [4.69, 9.17) is 0 Å². The van der Waals surface area contributed by atoms with Gasteiger partial charge in [-0.2, -0.15) is 0 Å². The Morgan fingerprint density at radius 2 is 2.05 bits per heavy atom. The Balaban J connectivity index is 2.26. The zero-order valence-electron chi connectivity index (χ0n) is 13.6. The molecule has 1 aliphatic rings. The molecule has 1 aliphatic heterocycles. The molecule has 1 saturated heterocycles. The fourth-order valence-corrected chi connectivity index (χ4v) is 3.49. The molecule has 2 nitrogen and oxygen atoms in total. The molecule has 0 radical (unpaired) electrons. The van der Waals surface area contributed by atoms with Gasteiger partial charge in [-0.3, -0.25) is 4.90 Å². The minimum absolute atomic E-state index is 0.0598. The van der Waals surface area contributed by atoms with E-state index in [0.29, 0.717) is 12.6 Å². The molecular weight excluding hydrogens is 331 g/mol. The normalized spacial score (nSPS) is 23.3. The van der Waals surface area contributed by atoms with Crippen LogP contribution in [0.3, 0.4) is 0 Å². The number of piperazine rings is 1. The van der Waals surface area contributed by atoms with E-state index < -0.39 is 0 Å². The molecule has 1 atom stereocenters. The summed E-state index contributed by atoms with van der Waals surface area (Å²) in [6.07, 6.45) is 0. The van der Waals surface area contributed by atoms with E-state index in [1.165, 1.54) is 0 Å². The number of hydrogen-bond acceptors (Lipinski definition) is 2. The number of rotatable bonds is 2. The smallest absolute Gasteiger partial charge is 0.127 e. The van der Waals surface area contributed by atoms with Crippen LogP contribution in [0, 0.1) is 11.2 Å². The number of halogens is 2. The lowest BCUT2D eigenvalue weighted by atomic mass is 9.82. The highest BCUT2D eigenvalue weighted by atomic mass is 79.9. The van der Waals surface area contributed by atoms with Crippen LogP contribution in [-0.2, 0) is 6.54 Å². The van der Waals surface area contributed by atoms with Crippen molar-refractivity contribution in [2.45, 2.75) is 52.7 Å². The number of nitrogens with zero attached hydrogens (tertiary/aromatic N) is 1. The van der Waals surface area contributed by atoms with Gasteiger partial charge in [0.25, 0.3) is 0 Å². The van der Waals surface area contributed by atoms with Crippen molar-refractivity contribution in [3.63, 3.8) is 0 Å². The summed E-state index contributed by atoms with van der Waals surface area (Å²) in [6, 6.07) is 5.58. The van der Waals surface area contributed by atoms with Gasteiger partial charge in [0.2, 0.25) is 0 Å². The van der Waals surface area contributed by atoms with E-state index in [1.807, 2.05) is 6.07 Å². The molecular formula is C17H26BrFN2. The van der Waals surface area contributed by atoms with E-state index >= 15 is 0 Å². The summed E-state index contributed by atoms with van der Waals surface area (Å²) in [4.78, 5) is 2.42. The lowest BCUT2D eigenvalue weighted by Gasteiger charge is -2.49. The Kier molecular flexibility index (Phi) is 4.81. The maximum absolute atomic E-state index is 14.1. The molecule has 0 bridgehead atoms. The van der Waals surface area contributed by atoms with Gasteiger partial charge >= 0.3 is 0 Å². The van der Waals surface area contributed by atoms with Crippen LogP contribution in [0.25, 0.3) is 0 Å². The summed E-state index contributed by atoms with van der Waals surface area (Å²) in [5.41, 5.74) is 0.979. The molecule has 0 amide bonds. The Labute approximate surface area is 136 Å². The monoisotopic (exact) mass is 356 g/mol. The first-order valence-electron chi connectivity index (χ1n) is 7.51. The summed E-state index contributed by atoms with van der Waals surface area (Å²) < 4.78 is 15.0. The number of hydrogen-bond donors (Lipinski definition) is 1. The Bertz CT molecular complexity index is 508. The van der Waals surface area contributed by atoms with E-state index in [0.717, 1.165) is 23.1 Å². The largest absolute Gasteiger partial charge is 0.309 e. The second-order valence-corrected chi connectivity index (χ2v) is 8.70. The molecule has 1 aromatic rings. The topological polar surface area (TPSA) is 15.3 Å². The Morgan fingerprint density at radius 1 is 1.38 bits per heavy atom. The first-order valence-corrected chi connectivity index (χ1v) is 8.31. The summed E-state index contributed by atoms with van der Waals surface area (Å²) in [7, 11) is 0. The van der Waals surface area contributed by atoms with Gasteiger partial charge in [0.1, 0.15) is 5.82 Å². The predicted molar refractivity (Wildman–Crippen MR) is 89.8 cm³/mol. The minimum Gasteiger partial charge on any atom is -0.309 e. The molecule has 1 unspecified atom stereocenters. The second kappa shape index (κ2) is 5.98. The van der Waals surface area contributed by atoms with Crippen molar-refractivity contribution in [2.75, 3.05) is 13.1 Å². The van der Waals surface area contributed by atoms with Gasteiger partial charge in [-0.25, -0.2) is 4.39 Å². The van der Waals surface area contributed by atoms with Crippen LogP contribution in [-0.4, -0.2) is 29.6 Å². The summed E-state index contributed by atoms with van der Waals surface area (Å²) >= 11 is 3.44. The van der Waals surface area contributed by atoms with Gasteiger partial charge in [0.05, 0.1) is 0 Å². The SMILES string of the molecule is CC1(C)CN(Cc2cc(Br)ccc2F)C(C(C)(C)C)CN1. The van der Waals surface area contributed by atoms with Gasteiger partial charge in [-0.15, -0.1) is 0 Å². The van der Waals surface area contributed by atoms with E-state index in [1.54, 1.807) is 12.1 Å². The third kappa shape index (κ3) is 4.27. The molecule has 1 N–H and O–H groups in total. The molecule has 0 aromatic heterocycles. The number of benzene rings is 1. The van der Waals surface area contributed by atoms with Crippen LogP contribution < -0.4 is 5.32 Å². The molecule has 0 aliphatic carbocycles. The molecule has 1 aromatic carbocycles. The fourth-order valence-electron chi connectivity index (χ4n) is 3.08. The maximum atomic E-state index is 14.1. The van der Waals surface area contributed by atoms with E-state index in [2.05, 4.69) is 60.8 Å². The molecule has 4 heteroatoms. The van der Waals surface area contributed by atoms with Crippen LogP contribution >= 0.6 is 15.9 Å². The van der Waals surface area contributed by atoms with Crippen molar-refractivity contribution in [1.29, 1.82) is 0 Å².